The standard InChI is InChI=1S/C14H27N5O/c1-6-9-15-12-16-13(19(5)11(4)8-3)18-14(17-12)20-10-7-2/h11H,6-10H2,1-5H3,(H,15,16,17,18). The van der Waals surface area contributed by atoms with E-state index >= 15 is 0 Å². The van der Waals surface area contributed by atoms with Crippen LogP contribution in [0.2, 0.25) is 0 Å². The molecule has 1 rings (SSSR count). The maximum absolute atomic E-state index is 5.55. The maximum Gasteiger partial charge on any atom is 0.323 e. The fourth-order valence-corrected chi connectivity index (χ4v) is 1.55. The van der Waals surface area contributed by atoms with E-state index in [4.69, 9.17) is 4.74 Å². The van der Waals surface area contributed by atoms with Gasteiger partial charge >= 0.3 is 6.01 Å². The van der Waals surface area contributed by atoms with Crippen LogP contribution in [0.3, 0.4) is 0 Å². The number of nitrogens with zero attached hydrogens (tertiary/aromatic N) is 4. The van der Waals surface area contributed by atoms with Crippen LogP contribution in [-0.4, -0.2) is 41.2 Å². The molecule has 1 heterocycles. The summed E-state index contributed by atoms with van der Waals surface area (Å²) >= 11 is 0. The number of anilines is 2. The lowest BCUT2D eigenvalue weighted by Gasteiger charge is -2.24. The van der Waals surface area contributed by atoms with Gasteiger partial charge in [0.05, 0.1) is 6.61 Å². The second-order valence-electron chi connectivity index (χ2n) is 4.89. The van der Waals surface area contributed by atoms with Gasteiger partial charge in [-0.2, -0.15) is 15.0 Å². The minimum absolute atomic E-state index is 0.371. The van der Waals surface area contributed by atoms with Crippen LogP contribution >= 0.6 is 0 Å². The molecule has 0 aliphatic rings. The van der Waals surface area contributed by atoms with E-state index in [1.807, 2.05) is 7.05 Å². The lowest BCUT2D eigenvalue weighted by Crippen LogP contribution is -2.30. The molecule has 6 nitrogen and oxygen atoms in total. The van der Waals surface area contributed by atoms with Crippen molar-refractivity contribution in [3.05, 3.63) is 0 Å². The smallest absolute Gasteiger partial charge is 0.323 e. The average molecular weight is 281 g/mol. The van der Waals surface area contributed by atoms with Gasteiger partial charge in [-0.1, -0.05) is 20.8 Å². The Bertz CT molecular complexity index is 373. The van der Waals surface area contributed by atoms with Gasteiger partial charge in [0.15, 0.2) is 0 Å². The van der Waals surface area contributed by atoms with Crippen molar-refractivity contribution in [2.45, 2.75) is 53.0 Å². The number of aromatic nitrogens is 3. The molecule has 0 spiro atoms. The van der Waals surface area contributed by atoms with E-state index in [9.17, 15) is 0 Å². The zero-order chi connectivity index (χ0) is 15.0. The first-order valence-electron chi connectivity index (χ1n) is 7.47. The zero-order valence-electron chi connectivity index (χ0n) is 13.3. The van der Waals surface area contributed by atoms with Crippen molar-refractivity contribution in [2.75, 3.05) is 30.4 Å². The van der Waals surface area contributed by atoms with Gasteiger partial charge in [-0.3, -0.25) is 0 Å². The average Bonchev–Trinajstić information content (AvgIpc) is 2.49. The summed E-state index contributed by atoms with van der Waals surface area (Å²) in [4.78, 5) is 15.2. The van der Waals surface area contributed by atoms with Crippen molar-refractivity contribution in [1.82, 2.24) is 15.0 Å². The first-order valence-corrected chi connectivity index (χ1v) is 7.47. The van der Waals surface area contributed by atoms with Gasteiger partial charge in [-0.05, 0) is 26.2 Å². The van der Waals surface area contributed by atoms with Crippen molar-refractivity contribution >= 4 is 11.9 Å². The van der Waals surface area contributed by atoms with Gasteiger partial charge in [0, 0.05) is 19.6 Å². The summed E-state index contributed by atoms with van der Waals surface area (Å²) in [7, 11) is 2.00. The van der Waals surface area contributed by atoms with Gasteiger partial charge in [-0.15, -0.1) is 0 Å². The molecule has 0 bridgehead atoms. The Morgan fingerprint density at radius 1 is 1.15 bits per heavy atom. The fourth-order valence-electron chi connectivity index (χ4n) is 1.55. The molecule has 20 heavy (non-hydrogen) atoms. The topological polar surface area (TPSA) is 63.2 Å². The Labute approximate surface area is 122 Å². The van der Waals surface area contributed by atoms with Crippen LogP contribution in [0.5, 0.6) is 6.01 Å². The van der Waals surface area contributed by atoms with Crippen LogP contribution in [0.25, 0.3) is 0 Å². The SMILES string of the molecule is CCCNc1nc(OCCC)nc(N(C)C(C)CC)n1. The third-order valence-corrected chi connectivity index (χ3v) is 3.14. The first-order chi connectivity index (χ1) is 9.62. The zero-order valence-corrected chi connectivity index (χ0v) is 13.3. The van der Waals surface area contributed by atoms with E-state index in [0.717, 1.165) is 25.8 Å². The predicted octanol–water partition coefficient (Wildman–Crippen LogP) is 2.72. The molecule has 0 aliphatic carbocycles. The second-order valence-corrected chi connectivity index (χ2v) is 4.89. The Morgan fingerprint density at radius 2 is 1.90 bits per heavy atom. The van der Waals surface area contributed by atoms with E-state index < -0.39 is 0 Å². The van der Waals surface area contributed by atoms with E-state index in [1.54, 1.807) is 0 Å². The third kappa shape index (κ3) is 4.83. The van der Waals surface area contributed by atoms with Crippen LogP contribution in [-0.2, 0) is 0 Å². The predicted molar refractivity (Wildman–Crippen MR) is 82.5 cm³/mol. The highest BCUT2D eigenvalue weighted by Crippen LogP contribution is 2.17. The normalized spacial score (nSPS) is 12.1. The summed E-state index contributed by atoms with van der Waals surface area (Å²) in [6.07, 6.45) is 2.98. The van der Waals surface area contributed by atoms with Crippen LogP contribution in [0.4, 0.5) is 11.9 Å². The minimum atomic E-state index is 0.371. The minimum Gasteiger partial charge on any atom is -0.463 e. The molecule has 1 atom stereocenters. The summed E-state index contributed by atoms with van der Waals surface area (Å²) in [6, 6.07) is 0.765. The van der Waals surface area contributed by atoms with Crippen molar-refractivity contribution in [3.8, 4) is 6.01 Å². The van der Waals surface area contributed by atoms with Gasteiger partial charge in [0.1, 0.15) is 0 Å². The molecule has 0 amide bonds. The molecule has 1 unspecified atom stereocenters. The number of hydrogen-bond donors (Lipinski definition) is 1. The lowest BCUT2D eigenvalue weighted by molar-refractivity contribution is 0.291. The summed E-state index contributed by atoms with van der Waals surface area (Å²) in [5, 5.41) is 3.19. The Hall–Kier alpha value is -1.59. The maximum atomic E-state index is 5.55. The molecule has 1 aromatic heterocycles. The van der Waals surface area contributed by atoms with Gasteiger partial charge < -0.3 is 15.0 Å². The highest BCUT2D eigenvalue weighted by Gasteiger charge is 2.14. The largest absolute Gasteiger partial charge is 0.463 e. The summed E-state index contributed by atoms with van der Waals surface area (Å²) in [6.45, 7) is 9.91. The van der Waals surface area contributed by atoms with E-state index in [-0.39, 0.29) is 0 Å². The molecule has 1 N–H and O–H groups in total. The number of ether oxygens (including phenoxy) is 1. The summed E-state index contributed by atoms with van der Waals surface area (Å²) in [5.74, 6) is 1.23. The van der Waals surface area contributed by atoms with Crippen molar-refractivity contribution < 1.29 is 4.74 Å². The third-order valence-electron chi connectivity index (χ3n) is 3.14. The van der Waals surface area contributed by atoms with E-state index in [2.05, 4.69) is 52.9 Å². The Balaban J connectivity index is 2.95. The van der Waals surface area contributed by atoms with Gasteiger partial charge in [0.25, 0.3) is 0 Å². The molecule has 0 aromatic carbocycles. The summed E-state index contributed by atoms with van der Waals surface area (Å²) < 4.78 is 5.55. The van der Waals surface area contributed by atoms with Crippen LogP contribution in [0.15, 0.2) is 0 Å². The molecule has 114 valence electrons. The fraction of sp³-hybridized carbons (Fsp3) is 0.786. The molecule has 0 aliphatic heterocycles. The van der Waals surface area contributed by atoms with E-state index in [0.29, 0.717) is 30.6 Å². The molecule has 1 aromatic rings. The quantitative estimate of drug-likeness (QED) is 0.751. The van der Waals surface area contributed by atoms with Gasteiger partial charge in [-0.25, -0.2) is 0 Å². The summed E-state index contributed by atoms with van der Waals surface area (Å²) in [5.41, 5.74) is 0. The second kappa shape index (κ2) is 8.55. The lowest BCUT2D eigenvalue weighted by atomic mass is 10.2. The van der Waals surface area contributed by atoms with Crippen molar-refractivity contribution in [2.24, 2.45) is 0 Å². The van der Waals surface area contributed by atoms with Gasteiger partial charge in [0.2, 0.25) is 11.9 Å². The Kier molecular flexibility index (Phi) is 7.04. The van der Waals surface area contributed by atoms with Crippen LogP contribution in [0.1, 0.15) is 47.0 Å². The Morgan fingerprint density at radius 3 is 2.50 bits per heavy atom. The first kappa shape index (κ1) is 16.5. The van der Waals surface area contributed by atoms with Crippen LogP contribution in [0, 0.1) is 0 Å². The highest BCUT2D eigenvalue weighted by atomic mass is 16.5. The molecular weight excluding hydrogens is 254 g/mol. The molecular formula is C14H27N5O. The molecule has 0 saturated heterocycles. The molecule has 0 fully saturated rings. The molecule has 6 heteroatoms. The van der Waals surface area contributed by atoms with Crippen molar-refractivity contribution in [3.63, 3.8) is 0 Å². The van der Waals surface area contributed by atoms with Crippen molar-refractivity contribution in [1.29, 1.82) is 0 Å². The molecule has 0 radical (unpaired) electrons. The number of nitrogens with one attached hydrogen (secondary N) is 1. The van der Waals surface area contributed by atoms with E-state index in [1.165, 1.54) is 0 Å². The van der Waals surface area contributed by atoms with Crippen LogP contribution < -0.4 is 15.0 Å². The monoisotopic (exact) mass is 281 g/mol. The number of rotatable bonds is 9. The highest BCUT2D eigenvalue weighted by molar-refractivity contribution is 5.38. The molecule has 0 saturated carbocycles. The number of hydrogen-bond acceptors (Lipinski definition) is 6.